The van der Waals surface area contributed by atoms with Crippen LogP contribution in [-0.2, 0) is 23.0 Å². The van der Waals surface area contributed by atoms with Crippen molar-refractivity contribution >= 4 is 16.5 Å². The topological polar surface area (TPSA) is 43.1 Å². The highest BCUT2D eigenvalue weighted by atomic mass is 32.2. The second-order valence-corrected chi connectivity index (χ2v) is 5.84. The van der Waals surface area contributed by atoms with E-state index in [4.69, 9.17) is 5.73 Å². The van der Waals surface area contributed by atoms with Crippen LogP contribution in [0, 0.1) is 0 Å². The summed E-state index contributed by atoms with van der Waals surface area (Å²) in [6.45, 7) is 0. The number of nitrogens with two attached hydrogens (primary N) is 1. The molecule has 0 aliphatic carbocycles. The summed E-state index contributed by atoms with van der Waals surface area (Å²) < 4.78 is 11.9. The summed E-state index contributed by atoms with van der Waals surface area (Å²) in [5.41, 5.74) is 8.71. The summed E-state index contributed by atoms with van der Waals surface area (Å²) in [6.07, 6.45) is 0.833. The molecule has 0 fully saturated rings. The summed E-state index contributed by atoms with van der Waals surface area (Å²) in [5.74, 6) is 1.33. The molecule has 1 unspecified atom stereocenters. The first-order valence-corrected chi connectivity index (χ1v) is 7.46. The van der Waals surface area contributed by atoms with Gasteiger partial charge < -0.3 is 5.73 Å². The summed E-state index contributed by atoms with van der Waals surface area (Å²) >= 11 is 0. The zero-order valence-corrected chi connectivity index (χ0v) is 11.0. The van der Waals surface area contributed by atoms with Gasteiger partial charge in [0.1, 0.15) is 0 Å². The lowest BCUT2D eigenvalue weighted by Crippen LogP contribution is -2.04. The molecule has 2 nitrogen and oxygen atoms in total. The van der Waals surface area contributed by atoms with Crippen molar-refractivity contribution < 1.29 is 4.21 Å². The van der Waals surface area contributed by atoms with Crippen molar-refractivity contribution in [2.45, 2.75) is 12.2 Å². The lowest BCUT2D eigenvalue weighted by atomic mass is 10.2. The molecule has 94 valence electrons. The van der Waals surface area contributed by atoms with Gasteiger partial charge in [0.05, 0.1) is 0 Å². The molecule has 0 saturated heterocycles. The number of hydrogen-bond donors (Lipinski definition) is 1. The van der Waals surface area contributed by atoms with E-state index in [1.807, 2.05) is 54.6 Å². The van der Waals surface area contributed by atoms with E-state index in [1.54, 1.807) is 0 Å². The number of aryl methyl sites for hydroxylation is 1. The predicted octanol–water partition coefficient (Wildman–Crippen LogP) is 2.76. The molecule has 0 aliphatic heterocycles. The van der Waals surface area contributed by atoms with Gasteiger partial charge >= 0.3 is 0 Å². The maximum absolute atomic E-state index is 11.9. The summed E-state index contributed by atoms with van der Waals surface area (Å²) in [5, 5.41) is 0. The van der Waals surface area contributed by atoms with Gasteiger partial charge in [0.25, 0.3) is 0 Å². The van der Waals surface area contributed by atoms with Gasteiger partial charge in [-0.2, -0.15) is 0 Å². The number of hydrogen-bond acceptors (Lipinski definition) is 2. The number of rotatable bonds is 5. The third kappa shape index (κ3) is 4.00. The lowest BCUT2D eigenvalue weighted by Gasteiger charge is -2.03. The van der Waals surface area contributed by atoms with Gasteiger partial charge in [-0.15, -0.1) is 0 Å². The monoisotopic (exact) mass is 259 g/mol. The minimum Gasteiger partial charge on any atom is -0.399 e. The molecule has 2 rings (SSSR count). The quantitative estimate of drug-likeness (QED) is 0.839. The van der Waals surface area contributed by atoms with Crippen LogP contribution in [0.2, 0.25) is 0 Å². The van der Waals surface area contributed by atoms with Crippen molar-refractivity contribution in [2.75, 3.05) is 11.5 Å². The Bertz CT molecular complexity index is 508. The van der Waals surface area contributed by atoms with E-state index in [1.165, 1.54) is 5.56 Å². The fourth-order valence-corrected chi connectivity index (χ4v) is 2.92. The minimum absolute atomic E-state index is 0.635. The molecule has 0 saturated carbocycles. The Balaban J connectivity index is 1.83. The van der Waals surface area contributed by atoms with Crippen molar-refractivity contribution in [1.29, 1.82) is 0 Å². The molecule has 0 aliphatic rings. The Hall–Kier alpha value is -1.61. The van der Waals surface area contributed by atoms with Crippen LogP contribution in [0.1, 0.15) is 11.1 Å². The molecular weight excluding hydrogens is 242 g/mol. The fourth-order valence-electron chi connectivity index (χ4n) is 1.75. The van der Waals surface area contributed by atoms with Gasteiger partial charge in [0.2, 0.25) is 0 Å². The molecule has 0 aromatic heterocycles. The Kier molecular flexibility index (Phi) is 4.53. The highest BCUT2D eigenvalue weighted by molar-refractivity contribution is 7.84. The van der Waals surface area contributed by atoms with Gasteiger partial charge in [-0.25, -0.2) is 0 Å². The second-order valence-electron chi connectivity index (χ2n) is 4.27. The SMILES string of the molecule is Nc1ccc(CCS(=O)Cc2ccccc2)cc1. The largest absolute Gasteiger partial charge is 0.399 e. The normalized spacial score (nSPS) is 12.2. The van der Waals surface area contributed by atoms with E-state index < -0.39 is 10.8 Å². The number of benzene rings is 2. The highest BCUT2D eigenvalue weighted by Gasteiger charge is 2.02. The van der Waals surface area contributed by atoms with Crippen LogP contribution in [-0.4, -0.2) is 9.96 Å². The molecule has 0 radical (unpaired) electrons. The van der Waals surface area contributed by atoms with Crippen LogP contribution in [0.25, 0.3) is 0 Å². The van der Waals surface area contributed by atoms with Crippen LogP contribution < -0.4 is 5.73 Å². The fraction of sp³-hybridized carbons (Fsp3) is 0.200. The van der Waals surface area contributed by atoms with E-state index in [0.717, 1.165) is 17.7 Å². The highest BCUT2D eigenvalue weighted by Crippen LogP contribution is 2.08. The smallest absolute Gasteiger partial charge is 0.0485 e. The van der Waals surface area contributed by atoms with E-state index in [9.17, 15) is 4.21 Å². The Labute approximate surface area is 110 Å². The van der Waals surface area contributed by atoms with Crippen molar-refractivity contribution in [1.82, 2.24) is 0 Å². The number of nitrogen functional groups attached to an aromatic ring is 1. The van der Waals surface area contributed by atoms with Crippen molar-refractivity contribution in [2.24, 2.45) is 0 Å². The first-order chi connectivity index (χ1) is 8.74. The van der Waals surface area contributed by atoms with Crippen LogP contribution in [0.5, 0.6) is 0 Å². The van der Waals surface area contributed by atoms with Crippen LogP contribution in [0.3, 0.4) is 0 Å². The minimum atomic E-state index is -0.808. The molecule has 2 aromatic rings. The molecule has 1 atom stereocenters. The maximum atomic E-state index is 11.9. The van der Waals surface area contributed by atoms with Gasteiger partial charge in [-0.1, -0.05) is 42.5 Å². The summed E-state index contributed by atoms with van der Waals surface area (Å²) in [7, 11) is -0.808. The average Bonchev–Trinajstić information content (AvgIpc) is 2.39. The molecule has 3 heteroatoms. The summed E-state index contributed by atoms with van der Waals surface area (Å²) in [6, 6.07) is 17.7. The van der Waals surface area contributed by atoms with Crippen LogP contribution in [0.15, 0.2) is 54.6 Å². The first-order valence-electron chi connectivity index (χ1n) is 5.97. The van der Waals surface area contributed by atoms with E-state index in [-0.39, 0.29) is 0 Å². The van der Waals surface area contributed by atoms with Gasteiger partial charge in [-0.05, 0) is 29.7 Å². The summed E-state index contributed by atoms with van der Waals surface area (Å²) in [4.78, 5) is 0. The van der Waals surface area contributed by atoms with Crippen molar-refractivity contribution in [3.63, 3.8) is 0 Å². The molecule has 18 heavy (non-hydrogen) atoms. The average molecular weight is 259 g/mol. The third-order valence-corrected chi connectivity index (χ3v) is 4.08. The standard InChI is InChI=1S/C15H17NOS/c16-15-8-6-13(7-9-15)10-11-18(17)12-14-4-2-1-3-5-14/h1-9H,10-12,16H2. The second kappa shape index (κ2) is 6.36. The van der Waals surface area contributed by atoms with E-state index >= 15 is 0 Å². The Morgan fingerprint density at radius 3 is 2.22 bits per heavy atom. The van der Waals surface area contributed by atoms with Gasteiger partial charge in [-0.3, -0.25) is 4.21 Å². The van der Waals surface area contributed by atoms with Crippen LogP contribution >= 0.6 is 0 Å². The molecule has 2 aromatic carbocycles. The van der Waals surface area contributed by atoms with Gasteiger partial charge in [0, 0.05) is 28.0 Å². The van der Waals surface area contributed by atoms with E-state index in [2.05, 4.69) is 0 Å². The Morgan fingerprint density at radius 2 is 1.56 bits per heavy atom. The lowest BCUT2D eigenvalue weighted by molar-refractivity contribution is 0.682. The molecular formula is C15H17NOS. The van der Waals surface area contributed by atoms with Crippen molar-refractivity contribution in [3.8, 4) is 0 Å². The van der Waals surface area contributed by atoms with E-state index in [0.29, 0.717) is 11.5 Å². The number of anilines is 1. The molecule has 2 N–H and O–H groups in total. The van der Waals surface area contributed by atoms with Gasteiger partial charge in [0.15, 0.2) is 0 Å². The Morgan fingerprint density at radius 1 is 0.889 bits per heavy atom. The third-order valence-electron chi connectivity index (χ3n) is 2.77. The molecule has 0 spiro atoms. The zero-order valence-electron chi connectivity index (χ0n) is 10.2. The molecule has 0 bridgehead atoms. The molecule has 0 heterocycles. The van der Waals surface area contributed by atoms with Crippen molar-refractivity contribution in [3.05, 3.63) is 65.7 Å². The molecule has 0 amide bonds. The van der Waals surface area contributed by atoms with Crippen LogP contribution in [0.4, 0.5) is 5.69 Å². The maximum Gasteiger partial charge on any atom is 0.0485 e. The zero-order chi connectivity index (χ0) is 12.8. The predicted molar refractivity (Wildman–Crippen MR) is 77.7 cm³/mol. The first kappa shape index (κ1) is 12.8.